The minimum absolute atomic E-state index is 0.130. The quantitative estimate of drug-likeness (QED) is 0.672. The van der Waals surface area contributed by atoms with E-state index in [-0.39, 0.29) is 5.82 Å². The van der Waals surface area contributed by atoms with Gasteiger partial charge in [0.05, 0.1) is 11.7 Å². The van der Waals surface area contributed by atoms with Crippen LogP contribution < -0.4 is 0 Å². The SMILES string of the molecule is CC(C)(C)OC(=O)c1nccc2cnnn12. The highest BCUT2D eigenvalue weighted by Gasteiger charge is 2.21. The van der Waals surface area contributed by atoms with Crippen molar-refractivity contribution in [3.05, 3.63) is 24.3 Å². The van der Waals surface area contributed by atoms with Crippen molar-refractivity contribution < 1.29 is 9.53 Å². The van der Waals surface area contributed by atoms with Crippen LogP contribution in [0, 0.1) is 0 Å². The van der Waals surface area contributed by atoms with E-state index in [1.165, 1.54) is 10.7 Å². The molecule has 2 rings (SSSR count). The molecule has 0 spiro atoms. The largest absolute Gasteiger partial charge is 0.454 e. The highest BCUT2D eigenvalue weighted by Crippen LogP contribution is 2.11. The normalized spacial score (nSPS) is 11.7. The molecule has 6 nitrogen and oxygen atoms in total. The third kappa shape index (κ3) is 2.00. The zero-order chi connectivity index (χ0) is 11.8. The van der Waals surface area contributed by atoms with Gasteiger partial charge >= 0.3 is 5.97 Å². The van der Waals surface area contributed by atoms with Crippen molar-refractivity contribution in [2.24, 2.45) is 0 Å². The number of fused-ring (bicyclic) bond motifs is 1. The van der Waals surface area contributed by atoms with E-state index < -0.39 is 11.6 Å². The summed E-state index contributed by atoms with van der Waals surface area (Å²) >= 11 is 0. The molecule has 0 saturated heterocycles. The number of carbonyl (C=O) groups excluding carboxylic acids is 1. The highest BCUT2D eigenvalue weighted by molar-refractivity contribution is 5.86. The molecule has 0 unspecified atom stereocenters. The summed E-state index contributed by atoms with van der Waals surface area (Å²) in [4.78, 5) is 15.7. The van der Waals surface area contributed by atoms with Crippen LogP contribution in [0.25, 0.3) is 5.52 Å². The van der Waals surface area contributed by atoms with E-state index >= 15 is 0 Å². The molecular weight excluding hydrogens is 208 g/mol. The average Bonchev–Trinajstić information content (AvgIpc) is 2.61. The summed E-state index contributed by atoms with van der Waals surface area (Å²) in [6.45, 7) is 5.39. The van der Waals surface area contributed by atoms with Crippen molar-refractivity contribution >= 4 is 11.5 Å². The molecule has 0 aliphatic carbocycles. The predicted octanol–water partition coefficient (Wildman–Crippen LogP) is 1.08. The van der Waals surface area contributed by atoms with Gasteiger partial charge in [0.25, 0.3) is 0 Å². The van der Waals surface area contributed by atoms with E-state index in [0.29, 0.717) is 5.52 Å². The number of nitrogens with zero attached hydrogens (tertiary/aromatic N) is 4. The summed E-state index contributed by atoms with van der Waals surface area (Å²) in [5, 5.41) is 7.48. The van der Waals surface area contributed by atoms with Crippen LogP contribution >= 0.6 is 0 Å². The Bertz CT molecular complexity index is 527. The summed E-state index contributed by atoms with van der Waals surface area (Å²) in [7, 11) is 0. The smallest absolute Gasteiger partial charge is 0.377 e. The summed E-state index contributed by atoms with van der Waals surface area (Å²) in [5.74, 6) is -0.381. The van der Waals surface area contributed by atoms with Gasteiger partial charge in [-0.1, -0.05) is 5.21 Å². The van der Waals surface area contributed by atoms with Gasteiger partial charge in [0.1, 0.15) is 5.60 Å². The Morgan fingerprint density at radius 1 is 1.44 bits per heavy atom. The van der Waals surface area contributed by atoms with Crippen molar-refractivity contribution in [2.75, 3.05) is 0 Å². The first kappa shape index (κ1) is 10.5. The molecule has 0 N–H and O–H groups in total. The molecule has 84 valence electrons. The Morgan fingerprint density at radius 2 is 2.19 bits per heavy atom. The first-order valence-corrected chi connectivity index (χ1v) is 4.86. The van der Waals surface area contributed by atoms with Gasteiger partial charge in [-0.3, -0.25) is 0 Å². The maximum absolute atomic E-state index is 11.8. The van der Waals surface area contributed by atoms with Crippen LogP contribution in [0.1, 0.15) is 31.4 Å². The van der Waals surface area contributed by atoms with Crippen LogP contribution in [0.2, 0.25) is 0 Å². The molecule has 0 aliphatic rings. The zero-order valence-electron chi connectivity index (χ0n) is 9.34. The lowest BCUT2D eigenvalue weighted by Crippen LogP contribution is -2.26. The lowest BCUT2D eigenvalue weighted by molar-refractivity contribution is 0.00520. The van der Waals surface area contributed by atoms with E-state index in [1.54, 1.807) is 33.0 Å². The maximum Gasteiger partial charge on any atom is 0.377 e. The van der Waals surface area contributed by atoms with E-state index in [2.05, 4.69) is 15.3 Å². The number of carbonyl (C=O) groups is 1. The molecular formula is C10H12N4O2. The molecule has 0 aromatic carbocycles. The van der Waals surface area contributed by atoms with Crippen molar-refractivity contribution in [3.63, 3.8) is 0 Å². The van der Waals surface area contributed by atoms with Crippen molar-refractivity contribution in [2.45, 2.75) is 26.4 Å². The molecule has 0 bridgehead atoms. The summed E-state index contributed by atoms with van der Waals surface area (Å²) in [6, 6.07) is 1.72. The van der Waals surface area contributed by atoms with Gasteiger partial charge in [-0.05, 0) is 26.8 Å². The lowest BCUT2D eigenvalue weighted by atomic mass is 10.2. The predicted molar refractivity (Wildman–Crippen MR) is 56.0 cm³/mol. The summed E-state index contributed by atoms with van der Waals surface area (Å²) in [6.07, 6.45) is 3.08. The Kier molecular flexibility index (Phi) is 2.34. The minimum Gasteiger partial charge on any atom is -0.454 e. The second-order valence-corrected chi connectivity index (χ2v) is 4.34. The van der Waals surface area contributed by atoms with E-state index in [1.807, 2.05) is 0 Å². The van der Waals surface area contributed by atoms with Gasteiger partial charge in [-0.2, -0.15) is 4.52 Å². The molecule has 16 heavy (non-hydrogen) atoms. The second-order valence-electron chi connectivity index (χ2n) is 4.34. The first-order chi connectivity index (χ1) is 7.47. The monoisotopic (exact) mass is 220 g/mol. The fourth-order valence-corrected chi connectivity index (χ4v) is 1.22. The van der Waals surface area contributed by atoms with Crippen molar-refractivity contribution in [1.29, 1.82) is 0 Å². The number of aromatic nitrogens is 4. The Balaban J connectivity index is 2.40. The number of hydrogen-bond donors (Lipinski definition) is 0. The Hall–Kier alpha value is -1.98. The fraction of sp³-hybridized carbons (Fsp3) is 0.400. The van der Waals surface area contributed by atoms with Crippen LogP contribution in [0.4, 0.5) is 0 Å². The second kappa shape index (κ2) is 3.55. The number of esters is 1. The minimum atomic E-state index is -0.554. The fourth-order valence-electron chi connectivity index (χ4n) is 1.22. The van der Waals surface area contributed by atoms with E-state index in [0.717, 1.165) is 0 Å². The lowest BCUT2D eigenvalue weighted by Gasteiger charge is -2.18. The zero-order valence-corrected chi connectivity index (χ0v) is 9.34. The molecule has 0 radical (unpaired) electrons. The van der Waals surface area contributed by atoms with Crippen LogP contribution in [0.5, 0.6) is 0 Å². The summed E-state index contributed by atoms with van der Waals surface area (Å²) in [5.41, 5.74) is 0.150. The van der Waals surface area contributed by atoms with Gasteiger partial charge in [-0.25, -0.2) is 9.78 Å². The maximum atomic E-state index is 11.8. The number of rotatable bonds is 1. The van der Waals surface area contributed by atoms with E-state index in [9.17, 15) is 4.79 Å². The van der Waals surface area contributed by atoms with Crippen LogP contribution in [0.15, 0.2) is 18.5 Å². The first-order valence-electron chi connectivity index (χ1n) is 4.86. The average molecular weight is 220 g/mol. The van der Waals surface area contributed by atoms with Gasteiger partial charge in [-0.15, -0.1) is 5.10 Å². The molecule has 0 fully saturated rings. The van der Waals surface area contributed by atoms with Crippen molar-refractivity contribution in [3.8, 4) is 0 Å². The van der Waals surface area contributed by atoms with Gasteiger partial charge < -0.3 is 4.74 Å². The molecule has 0 atom stereocenters. The van der Waals surface area contributed by atoms with Crippen LogP contribution in [0.3, 0.4) is 0 Å². The third-order valence-corrected chi connectivity index (χ3v) is 1.80. The summed E-state index contributed by atoms with van der Waals surface area (Å²) < 4.78 is 6.57. The molecule has 2 aromatic heterocycles. The van der Waals surface area contributed by atoms with Crippen molar-refractivity contribution in [1.82, 2.24) is 19.8 Å². The molecule has 2 heterocycles. The van der Waals surface area contributed by atoms with Gasteiger partial charge in [0.15, 0.2) is 0 Å². The van der Waals surface area contributed by atoms with Gasteiger partial charge in [0, 0.05) is 6.20 Å². The Morgan fingerprint density at radius 3 is 2.88 bits per heavy atom. The Labute approximate surface area is 92.2 Å². The number of hydrogen-bond acceptors (Lipinski definition) is 5. The molecule has 2 aromatic rings. The highest BCUT2D eigenvalue weighted by atomic mass is 16.6. The van der Waals surface area contributed by atoms with Crippen LogP contribution in [-0.4, -0.2) is 31.4 Å². The van der Waals surface area contributed by atoms with Gasteiger partial charge in [0.2, 0.25) is 5.82 Å². The van der Waals surface area contributed by atoms with Crippen LogP contribution in [-0.2, 0) is 4.74 Å². The topological polar surface area (TPSA) is 69.4 Å². The molecule has 0 aliphatic heterocycles. The molecule has 6 heteroatoms. The van der Waals surface area contributed by atoms with E-state index in [4.69, 9.17) is 4.74 Å². The standard InChI is InChI=1S/C10H12N4O2/c1-10(2,3)16-9(15)8-11-5-4-7-6-12-13-14(7)8/h4-6H,1-3H3. The number of ether oxygens (including phenoxy) is 1. The third-order valence-electron chi connectivity index (χ3n) is 1.80. The molecule has 0 saturated carbocycles. The molecule has 0 amide bonds.